The van der Waals surface area contributed by atoms with Crippen molar-refractivity contribution in [2.75, 3.05) is 43.8 Å². The Labute approximate surface area is 167 Å². The predicted octanol–water partition coefficient (Wildman–Crippen LogP) is 1.19. The molecule has 2 heterocycles. The van der Waals surface area contributed by atoms with Crippen molar-refractivity contribution in [2.45, 2.75) is 4.90 Å². The molecule has 2 N–H and O–H groups in total. The van der Waals surface area contributed by atoms with Crippen LogP contribution in [0.3, 0.4) is 0 Å². The van der Waals surface area contributed by atoms with E-state index in [1.165, 1.54) is 16.7 Å². The molecule has 27 heavy (non-hydrogen) atoms. The fourth-order valence-corrected chi connectivity index (χ4v) is 3.87. The van der Waals surface area contributed by atoms with Crippen molar-refractivity contribution < 1.29 is 14.5 Å². The van der Waals surface area contributed by atoms with E-state index in [-0.39, 0.29) is 11.8 Å². The number of nitrogens with zero attached hydrogens (tertiary/aromatic N) is 2. The molecule has 1 aromatic heterocycles. The van der Waals surface area contributed by atoms with Gasteiger partial charge in [0.2, 0.25) is 5.91 Å². The van der Waals surface area contributed by atoms with Crippen LogP contribution in [0.4, 0.5) is 5.69 Å². The molecule has 3 rings (SSSR count). The summed E-state index contributed by atoms with van der Waals surface area (Å²) in [4.78, 5) is 32.7. The molecule has 1 aliphatic heterocycles. The van der Waals surface area contributed by atoms with Crippen molar-refractivity contribution in [1.29, 1.82) is 0 Å². The van der Waals surface area contributed by atoms with Gasteiger partial charge in [-0.05, 0) is 24.3 Å². The molecular weight excluding hydrogens is 384 g/mol. The Balaban J connectivity index is 1.40. The van der Waals surface area contributed by atoms with Gasteiger partial charge in [0.1, 0.15) is 0 Å². The van der Waals surface area contributed by atoms with E-state index in [4.69, 9.17) is 11.6 Å². The average Bonchev–Trinajstić information content (AvgIpc) is 2.69. The number of quaternary nitrogens is 1. The highest BCUT2D eigenvalue weighted by molar-refractivity contribution is 8.00. The fraction of sp³-hybridized carbons (Fsp3) is 0.316. The summed E-state index contributed by atoms with van der Waals surface area (Å²) >= 11 is 7.59. The van der Waals surface area contributed by atoms with E-state index in [0.717, 1.165) is 18.0 Å². The van der Waals surface area contributed by atoms with Crippen LogP contribution in [0.2, 0.25) is 5.02 Å². The Morgan fingerprint density at radius 2 is 1.85 bits per heavy atom. The maximum atomic E-state index is 12.4. The lowest BCUT2D eigenvalue weighted by Crippen LogP contribution is -3.15. The van der Waals surface area contributed by atoms with Gasteiger partial charge in [0.15, 0.2) is 6.54 Å². The summed E-state index contributed by atoms with van der Waals surface area (Å²) in [5, 5.41) is 3.38. The van der Waals surface area contributed by atoms with Gasteiger partial charge in [0.25, 0.3) is 5.91 Å². The molecule has 0 atom stereocenters. The van der Waals surface area contributed by atoms with E-state index in [0.29, 0.717) is 36.1 Å². The minimum Gasteiger partial charge on any atom is -0.331 e. The lowest BCUT2D eigenvalue weighted by molar-refractivity contribution is -0.895. The van der Waals surface area contributed by atoms with Crippen LogP contribution >= 0.6 is 23.4 Å². The number of benzene rings is 1. The number of pyridine rings is 1. The van der Waals surface area contributed by atoms with Gasteiger partial charge in [-0.15, -0.1) is 11.8 Å². The van der Waals surface area contributed by atoms with Crippen molar-refractivity contribution >= 4 is 40.9 Å². The molecule has 2 aromatic rings. The zero-order chi connectivity index (χ0) is 19.1. The second kappa shape index (κ2) is 9.73. The number of amides is 2. The number of hydrogen-bond donors (Lipinski definition) is 2. The monoisotopic (exact) mass is 405 g/mol. The minimum absolute atomic E-state index is 0.0638. The normalized spacial score (nSPS) is 14.8. The molecule has 1 saturated heterocycles. The number of para-hydroxylation sites is 1. The van der Waals surface area contributed by atoms with Crippen LogP contribution in [0.15, 0.2) is 53.7 Å². The molecule has 0 aliphatic carbocycles. The molecular formula is C19H22ClN4O2S+. The van der Waals surface area contributed by atoms with E-state index in [1.807, 2.05) is 29.2 Å². The van der Waals surface area contributed by atoms with Crippen LogP contribution in [-0.4, -0.2) is 60.2 Å². The fourth-order valence-electron chi connectivity index (χ4n) is 2.90. The summed E-state index contributed by atoms with van der Waals surface area (Å²) in [6, 6.07) is 11.0. The van der Waals surface area contributed by atoms with Crippen LogP contribution < -0.4 is 10.2 Å². The molecule has 8 heteroatoms. The zero-order valence-electron chi connectivity index (χ0n) is 14.9. The molecule has 1 aromatic carbocycles. The van der Waals surface area contributed by atoms with Crippen LogP contribution in [0.25, 0.3) is 0 Å². The number of hydrogen-bond acceptors (Lipinski definition) is 4. The number of thioether (sulfide) groups is 1. The molecule has 1 aliphatic rings. The summed E-state index contributed by atoms with van der Waals surface area (Å²) in [6.07, 6.45) is 3.45. The van der Waals surface area contributed by atoms with Crippen LogP contribution in [0.5, 0.6) is 0 Å². The molecule has 142 valence electrons. The highest BCUT2D eigenvalue weighted by Crippen LogP contribution is 2.20. The first-order valence-corrected chi connectivity index (χ1v) is 10.2. The van der Waals surface area contributed by atoms with Crippen molar-refractivity contribution in [3.63, 3.8) is 0 Å². The van der Waals surface area contributed by atoms with Gasteiger partial charge in [-0.1, -0.05) is 23.7 Å². The van der Waals surface area contributed by atoms with Crippen LogP contribution in [0.1, 0.15) is 0 Å². The maximum Gasteiger partial charge on any atom is 0.279 e. The number of nitrogens with one attached hydrogen (secondary N) is 2. The lowest BCUT2D eigenvalue weighted by atomic mass is 10.3. The van der Waals surface area contributed by atoms with Crippen LogP contribution in [-0.2, 0) is 9.59 Å². The summed E-state index contributed by atoms with van der Waals surface area (Å²) in [6.45, 7) is 3.25. The van der Waals surface area contributed by atoms with Crippen molar-refractivity contribution in [2.24, 2.45) is 0 Å². The van der Waals surface area contributed by atoms with Crippen molar-refractivity contribution in [3.05, 3.63) is 53.8 Å². The molecule has 2 amide bonds. The van der Waals surface area contributed by atoms with Gasteiger partial charge < -0.3 is 15.1 Å². The van der Waals surface area contributed by atoms with E-state index in [2.05, 4.69) is 10.3 Å². The van der Waals surface area contributed by atoms with Gasteiger partial charge in [-0.25, -0.2) is 0 Å². The largest absolute Gasteiger partial charge is 0.331 e. The molecule has 0 radical (unpaired) electrons. The molecule has 1 fully saturated rings. The number of aromatic nitrogens is 1. The van der Waals surface area contributed by atoms with Crippen LogP contribution in [0, 0.1) is 0 Å². The molecule has 0 bridgehead atoms. The van der Waals surface area contributed by atoms with E-state index in [1.54, 1.807) is 24.5 Å². The summed E-state index contributed by atoms with van der Waals surface area (Å²) in [5.74, 6) is 0.495. The molecule has 0 unspecified atom stereocenters. The Morgan fingerprint density at radius 3 is 2.56 bits per heavy atom. The van der Waals surface area contributed by atoms with Gasteiger partial charge >= 0.3 is 0 Å². The third-order valence-corrected chi connectivity index (χ3v) is 5.72. The Morgan fingerprint density at radius 1 is 1.15 bits per heavy atom. The standard InChI is InChI=1S/C19H21ClN4O2S/c20-16-3-1-2-4-17(16)22-18(25)13-23-9-11-24(12-10-23)19(26)14-27-15-5-7-21-8-6-15/h1-8H,9-14H2,(H,22,25)/p+1. The third kappa shape index (κ3) is 5.95. The molecule has 6 nitrogen and oxygen atoms in total. The topological polar surface area (TPSA) is 66.7 Å². The first kappa shape index (κ1) is 19.7. The second-order valence-electron chi connectivity index (χ2n) is 6.31. The quantitative estimate of drug-likeness (QED) is 0.708. The van der Waals surface area contributed by atoms with E-state index < -0.39 is 0 Å². The highest BCUT2D eigenvalue weighted by atomic mass is 35.5. The molecule has 0 spiro atoms. The number of rotatable bonds is 6. The Bertz CT molecular complexity index is 782. The molecule has 0 saturated carbocycles. The Hall–Kier alpha value is -2.09. The first-order valence-electron chi connectivity index (χ1n) is 8.80. The summed E-state index contributed by atoms with van der Waals surface area (Å²) in [7, 11) is 0. The third-order valence-electron chi connectivity index (χ3n) is 4.39. The predicted molar refractivity (Wildman–Crippen MR) is 107 cm³/mol. The first-order chi connectivity index (χ1) is 13.1. The van der Waals surface area contributed by atoms with E-state index in [9.17, 15) is 9.59 Å². The lowest BCUT2D eigenvalue weighted by Gasteiger charge is -2.31. The second-order valence-corrected chi connectivity index (χ2v) is 7.76. The maximum absolute atomic E-state index is 12.4. The number of anilines is 1. The van der Waals surface area contributed by atoms with Gasteiger partial charge in [-0.3, -0.25) is 14.6 Å². The van der Waals surface area contributed by atoms with Gasteiger partial charge in [0, 0.05) is 17.3 Å². The minimum atomic E-state index is -0.0638. The number of carbonyl (C=O) groups is 2. The van der Waals surface area contributed by atoms with Gasteiger partial charge in [-0.2, -0.15) is 0 Å². The van der Waals surface area contributed by atoms with Crippen molar-refractivity contribution in [3.8, 4) is 0 Å². The summed E-state index contributed by atoms with van der Waals surface area (Å²) < 4.78 is 0. The SMILES string of the molecule is O=C(C[NH+]1CCN(C(=O)CSc2ccncc2)CC1)Nc1ccccc1Cl. The number of piperazine rings is 1. The van der Waals surface area contributed by atoms with E-state index >= 15 is 0 Å². The summed E-state index contributed by atoms with van der Waals surface area (Å²) in [5.41, 5.74) is 0.630. The van der Waals surface area contributed by atoms with Crippen molar-refractivity contribution in [1.82, 2.24) is 9.88 Å². The smallest absolute Gasteiger partial charge is 0.279 e. The zero-order valence-corrected chi connectivity index (χ0v) is 16.4. The average molecular weight is 406 g/mol. The number of halogens is 1. The Kier molecular flexibility index (Phi) is 7.09. The highest BCUT2D eigenvalue weighted by Gasteiger charge is 2.25. The van der Waals surface area contributed by atoms with Gasteiger partial charge in [0.05, 0.1) is 42.6 Å². The number of carbonyl (C=O) groups excluding carboxylic acids is 2.